The van der Waals surface area contributed by atoms with Gasteiger partial charge >= 0.3 is 5.69 Å². The molecule has 1 aromatic rings. The van der Waals surface area contributed by atoms with Gasteiger partial charge in [0.1, 0.15) is 11.6 Å². The van der Waals surface area contributed by atoms with Gasteiger partial charge < -0.3 is 5.73 Å². The number of nitrogen functional groups attached to an aromatic ring is 1. The van der Waals surface area contributed by atoms with E-state index in [-0.39, 0.29) is 0 Å². The highest BCUT2D eigenvalue weighted by atomic mass is 19.3. The van der Waals surface area contributed by atoms with Crippen molar-refractivity contribution in [2.75, 3.05) is 5.73 Å². The number of nitrogens with zero attached hydrogens (tertiary/aromatic N) is 3. The molecule has 0 saturated heterocycles. The quantitative estimate of drug-likeness (QED) is 0.591. The summed E-state index contributed by atoms with van der Waals surface area (Å²) in [6, 6.07) is 1.40. The van der Waals surface area contributed by atoms with E-state index in [1.807, 2.05) is 0 Å². The Morgan fingerprint density at radius 1 is 1.67 bits per heavy atom. The Balaban J connectivity index is 3.60. The summed E-state index contributed by atoms with van der Waals surface area (Å²) in [5, 5.41) is 18.9. The molecule has 0 unspecified atom stereocenters. The lowest BCUT2D eigenvalue weighted by Gasteiger charge is -2.04. The fraction of sp³-hybridized carbons (Fsp3) is 0.143. The number of pyridine rings is 1. The van der Waals surface area contributed by atoms with E-state index in [0.29, 0.717) is 0 Å². The number of nitro groups is 1. The second-order valence-electron chi connectivity index (χ2n) is 2.49. The van der Waals surface area contributed by atoms with Gasteiger partial charge in [-0.15, -0.1) is 0 Å². The number of halogens is 2. The summed E-state index contributed by atoms with van der Waals surface area (Å²) in [6.45, 7) is 0. The van der Waals surface area contributed by atoms with Crippen molar-refractivity contribution in [2.24, 2.45) is 0 Å². The monoisotopic (exact) mass is 214 g/mol. The molecule has 1 heterocycles. The standard InChI is InChI=1S/C7H4F2N4O2/c8-6(9)4-3(1-10)2-12-7(11)5(4)13(14)15/h2,6H,(H2,11,12). The molecule has 0 bridgehead atoms. The molecule has 0 radical (unpaired) electrons. The minimum Gasteiger partial charge on any atom is -0.378 e. The average molecular weight is 214 g/mol. The van der Waals surface area contributed by atoms with Crippen molar-refractivity contribution in [3.63, 3.8) is 0 Å². The third kappa shape index (κ3) is 1.80. The molecule has 0 atom stereocenters. The number of nitriles is 1. The molecular weight excluding hydrogens is 210 g/mol. The fourth-order valence-corrected chi connectivity index (χ4v) is 1.03. The van der Waals surface area contributed by atoms with E-state index >= 15 is 0 Å². The maximum atomic E-state index is 12.5. The normalized spacial score (nSPS) is 10.0. The Morgan fingerprint density at radius 3 is 2.67 bits per heavy atom. The van der Waals surface area contributed by atoms with Crippen LogP contribution in [0, 0.1) is 21.4 Å². The molecule has 1 aromatic heterocycles. The number of rotatable bonds is 2. The van der Waals surface area contributed by atoms with Crippen LogP contribution in [-0.2, 0) is 0 Å². The van der Waals surface area contributed by atoms with Gasteiger partial charge in [-0.2, -0.15) is 5.26 Å². The van der Waals surface area contributed by atoms with E-state index in [0.717, 1.165) is 6.20 Å². The first kappa shape index (κ1) is 10.8. The lowest BCUT2D eigenvalue weighted by Crippen LogP contribution is -2.05. The Labute approximate surface area is 82.1 Å². The number of nitrogens with two attached hydrogens (primary N) is 1. The highest BCUT2D eigenvalue weighted by molar-refractivity contribution is 5.62. The summed E-state index contributed by atoms with van der Waals surface area (Å²) in [7, 11) is 0. The lowest BCUT2D eigenvalue weighted by molar-refractivity contribution is -0.385. The molecule has 0 spiro atoms. The molecule has 2 N–H and O–H groups in total. The van der Waals surface area contributed by atoms with Gasteiger partial charge in [-0.3, -0.25) is 10.1 Å². The van der Waals surface area contributed by atoms with Gasteiger partial charge in [0, 0.05) is 6.20 Å². The van der Waals surface area contributed by atoms with E-state index in [2.05, 4.69) is 4.98 Å². The molecule has 0 aromatic carbocycles. The van der Waals surface area contributed by atoms with Crippen molar-refractivity contribution in [2.45, 2.75) is 6.43 Å². The highest BCUT2D eigenvalue weighted by Crippen LogP contribution is 2.34. The van der Waals surface area contributed by atoms with Crippen LogP contribution in [0.3, 0.4) is 0 Å². The van der Waals surface area contributed by atoms with Crippen molar-refractivity contribution in [3.8, 4) is 6.07 Å². The summed E-state index contributed by atoms with van der Waals surface area (Å²) < 4.78 is 25.0. The predicted molar refractivity (Wildman–Crippen MR) is 45.0 cm³/mol. The van der Waals surface area contributed by atoms with Gasteiger partial charge in [0.25, 0.3) is 6.43 Å². The van der Waals surface area contributed by atoms with Crippen molar-refractivity contribution in [1.82, 2.24) is 4.98 Å². The molecule has 0 aliphatic carbocycles. The molecule has 15 heavy (non-hydrogen) atoms. The van der Waals surface area contributed by atoms with Gasteiger partial charge in [0.15, 0.2) is 0 Å². The summed E-state index contributed by atoms with van der Waals surface area (Å²) >= 11 is 0. The first-order chi connectivity index (χ1) is 6.99. The van der Waals surface area contributed by atoms with Crippen molar-refractivity contribution in [3.05, 3.63) is 27.4 Å². The van der Waals surface area contributed by atoms with Crippen LogP contribution in [-0.4, -0.2) is 9.91 Å². The number of hydrogen-bond acceptors (Lipinski definition) is 5. The van der Waals surface area contributed by atoms with Crippen LogP contribution in [0.15, 0.2) is 6.20 Å². The third-order valence-corrected chi connectivity index (χ3v) is 1.64. The van der Waals surface area contributed by atoms with Gasteiger partial charge in [-0.25, -0.2) is 13.8 Å². The summed E-state index contributed by atoms with van der Waals surface area (Å²) in [5.41, 5.74) is 2.54. The SMILES string of the molecule is N#Cc1cnc(N)c([N+](=O)[O-])c1C(F)F. The van der Waals surface area contributed by atoms with E-state index in [1.54, 1.807) is 0 Å². The number of anilines is 1. The van der Waals surface area contributed by atoms with Crippen molar-refractivity contribution in [1.29, 1.82) is 5.26 Å². The molecule has 0 fully saturated rings. The van der Waals surface area contributed by atoms with Crippen molar-refractivity contribution < 1.29 is 13.7 Å². The molecular formula is C7H4F2N4O2. The Kier molecular flexibility index (Phi) is 2.75. The molecule has 0 aliphatic heterocycles. The van der Waals surface area contributed by atoms with Gasteiger partial charge in [0.2, 0.25) is 5.82 Å². The van der Waals surface area contributed by atoms with Crippen LogP contribution < -0.4 is 5.73 Å². The van der Waals surface area contributed by atoms with Crippen LogP contribution in [0.5, 0.6) is 0 Å². The third-order valence-electron chi connectivity index (χ3n) is 1.64. The van der Waals surface area contributed by atoms with Gasteiger partial charge in [0.05, 0.1) is 10.5 Å². The first-order valence-electron chi connectivity index (χ1n) is 3.60. The van der Waals surface area contributed by atoms with Gasteiger partial charge in [-0.1, -0.05) is 0 Å². The zero-order valence-electron chi connectivity index (χ0n) is 7.15. The highest BCUT2D eigenvalue weighted by Gasteiger charge is 2.29. The summed E-state index contributed by atoms with van der Waals surface area (Å²) in [5.74, 6) is -0.630. The predicted octanol–water partition coefficient (Wildman–Crippen LogP) is 1.38. The summed E-state index contributed by atoms with van der Waals surface area (Å²) in [4.78, 5) is 12.7. The Hall–Kier alpha value is -2.30. The molecule has 0 aliphatic rings. The second-order valence-corrected chi connectivity index (χ2v) is 2.49. The smallest absolute Gasteiger partial charge is 0.321 e. The second kappa shape index (κ2) is 3.83. The summed E-state index contributed by atoms with van der Waals surface area (Å²) in [6.07, 6.45) is -2.37. The van der Waals surface area contributed by atoms with E-state index in [9.17, 15) is 18.9 Å². The van der Waals surface area contributed by atoms with Crippen LogP contribution in [0.2, 0.25) is 0 Å². The topological polar surface area (TPSA) is 106 Å². The zero-order valence-corrected chi connectivity index (χ0v) is 7.15. The van der Waals surface area contributed by atoms with Crippen LogP contribution in [0.25, 0.3) is 0 Å². The number of alkyl halides is 2. The Bertz CT molecular complexity index is 455. The largest absolute Gasteiger partial charge is 0.378 e. The average Bonchev–Trinajstić information content (AvgIpc) is 2.16. The van der Waals surface area contributed by atoms with Crippen molar-refractivity contribution >= 4 is 11.5 Å². The first-order valence-corrected chi connectivity index (χ1v) is 3.60. The Morgan fingerprint density at radius 2 is 2.27 bits per heavy atom. The molecule has 6 nitrogen and oxygen atoms in total. The van der Waals surface area contributed by atoms with Crippen LogP contribution in [0.4, 0.5) is 20.3 Å². The zero-order chi connectivity index (χ0) is 11.6. The molecule has 0 amide bonds. The number of hydrogen-bond donors (Lipinski definition) is 1. The molecule has 0 saturated carbocycles. The van der Waals surface area contributed by atoms with E-state index in [1.165, 1.54) is 6.07 Å². The maximum Gasteiger partial charge on any atom is 0.321 e. The van der Waals surface area contributed by atoms with E-state index < -0.39 is 34.0 Å². The minimum atomic E-state index is -3.15. The van der Waals surface area contributed by atoms with Gasteiger partial charge in [-0.05, 0) is 0 Å². The lowest BCUT2D eigenvalue weighted by atomic mass is 10.1. The minimum absolute atomic E-state index is 0.550. The van der Waals surface area contributed by atoms with Crippen LogP contribution >= 0.6 is 0 Å². The van der Waals surface area contributed by atoms with E-state index in [4.69, 9.17) is 11.0 Å². The van der Waals surface area contributed by atoms with Crippen LogP contribution in [0.1, 0.15) is 17.6 Å². The molecule has 78 valence electrons. The maximum absolute atomic E-state index is 12.5. The molecule has 1 rings (SSSR count). The molecule has 8 heteroatoms. The number of aromatic nitrogens is 1. The fourth-order valence-electron chi connectivity index (χ4n) is 1.03.